The van der Waals surface area contributed by atoms with E-state index >= 15 is 0 Å². The van der Waals surface area contributed by atoms with Crippen molar-refractivity contribution in [2.24, 2.45) is 0 Å². The van der Waals surface area contributed by atoms with Crippen molar-refractivity contribution in [2.45, 2.75) is 43.3 Å². The van der Waals surface area contributed by atoms with Gasteiger partial charge in [-0.2, -0.15) is 0 Å². The maximum Gasteiger partial charge on any atom is 0.236 e. The molecule has 0 atom stereocenters. The molecule has 0 bridgehead atoms. The molecular formula is C18H19FN6OS2. The monoisotopic (exact) mass is 418 g/mol. The Morgan fingerprint density at radius 1 is 1.25 bits per heavy atom. The Balaban J connectivity index is 1.33. The van der Waals surface area contributed by atoms with Crippen LogP contribution in [0, 0.1) is 5.82 Å². The third-order valence-electron chi connectivity index (χ3n) is 4.61. The predicted molar refractivity (Wildman–Crippen MR) is 107 cm³/mol. The molecule has 1 N–H and O–H groups in total. The van der Waals surface area contributed by atoms with Crippen molar-refractivity contribution in [2.75, 3.05) is 11.1 Å². The van der Waals surface area contributed by atoms with E-state index in [1.54, 1.807) is 12.1 Å². The summed E-state index contributed by atoms with van der Waals surface area (Å²) in [6, 6.07) is 6.43. The van der Waals surface area contributed by atoms with Gasteiger partial charge in [-0.15, -0.1) is 16.4 Å². The van der Waals surface area contributed by atoms with E-state index in [4.69, 9.17) is 0 Å². The summed E-state index contributed by atoms with van der Waals surface area (Å²) in [5, 5.41) is 17.8. The molecule has 0 spiro atoms. The van der Waals surface area contributed by atoms with Crippen LogP contribution < -0.4 is 5.32 Å². The Labute approximate surface area is 169 Å². The second kappa shape index (κ2) is 8.78. The van der Waals surface area contributed by atoms with E-state index in [1.165, 1.54) is 54.5 Å². The number of hydrogen-bond acceptors (Lipinski definition) is 7. The average molecular weight is 419 g/mol. The number of aromatic nitrogens is 5. The van der Waals surface area contributed by atoms with E-state index in [2.05, 4.69) is 25.8 Å². The molecule has 2 heterocycles. The Bertz CT molecular complexity index is 936. The molecule has 1 fully saturated rings. The van der Waals surface area contributed by atoms with E-state index in [9.17, 15) is 9.18 Å². The molecule has 4 rings (SSSR count). The minimum Gasteiger partial charge on any atom is -0.301 e. The van der Waals surface area contributed by atoms with Crippen LogP contribution in [0.5, 0.6) is 0 Å². The first-order valence-electron chi connectivity index (χ1n) is 9.11. The second-order valence-corrected chi connectivity index (χ2v) is 8.38. The number of carbonyl (C=O) groups excluding carboxylic acids is 1. The highest BCUT2D eigenvalue weighted by molar-refractivity contribution is 7.99. The highest BCUT2D eigenvalue weighted by Gasteiger charge is 2.21. The van der Waals surface area contributed by atoms with Crippen LogP contribution in [-0.2, 0) is 4.79 Å². The van der Waals surface area contributed by atoms with Gasteiger partial charge in [0.05, 0.1) is 17.5 Å². The summed E-state index contributed by atoms with van der Waals surface area (Å²) in [4.78, 5) is 16.7. The minimum atomic E-state index is -0.292. The van der Waals surface area contributed by atoms with Crippen molar-refractivity contribution in [1.82, 2.24) is 25.2 Å². The predicted octanol–water partition coefficient (Wildman–Crippen LogP) is 4.17. The number of nitrogens with one attached hydrogen (secondary N) is 1. The summed E-state index contributed by atoms with van der Waals surface area (Å²) in [5.41, 5.74) is 1.51. The maximum absolute atomic E-state index is 13.0. The van der Waals surface area contributed by atoms with Gasteiger partial charge in [0, 0.05) is 10.9 Å². The van der Waals surface area contributed by atoms with Crippen LogP contribution in [-0.4, -0.2) is 36.9 Å². The number of carbonyl (C=O) groups is 1. The lowest BCUT2D eigenvalue weighted by Crippen LogP contribution is -2.17. The number of thioether (sulfide) groups is 1. The highest BCUT2D eigenvalue weighted by atomic mass is 32.2. The SMILES string of the molecule is O=C(CSc1nnnn1C1CCCCC1)Nc1nc(-c2ccc(F)cc2)cs1. The molecule has 0 saturated heterocycles. The van der Waals surface area contributed by atoms with Crippen molar-refractivity contribution in [3.8, 4) is 11.3 Å². The Kier molecular flexibility index (Phi) is 5.96. The van der Waals surface area contributed by atoms with Crippen LogP contribution in [0.3, 0.4) is 0 Å². The lowest BCUT2D eigenvalue weighted by Gasteiger charge is -2.21. The molecule has 2 aromatic heterocycles. The normalized spacial score (nSPS) is 14.9. The number of rotatable bonds is 6. The molecule has 3 aromatic rings. The fourth-order valence-corrected chi connectivity index (χ4v) is 4.69. The first-order chi connectivity index (χ1) is 13.7. The first-order valence-corrected chi connectivity index (χ1v) is 11.0. The molecule has 146 valence electrons. The number of nitrogens with zero attached hydrogens (tertiary/aromatic N) is 5. The van der Waals surface area contributed by atoms with E-state index < -0.39 is 0 Å². The Hall–Kier alpha value is -2.33. The van der Waals surface area contributed by atoms with Gasteiger partial charge in [0.1, 0.15) is 5.82 Å². The van der Waals surface area contributed by atoms with Gasteiger partial charge in [-0.3, -0.25) is 4.79 Å². The van der Waals surface area contributed by atoms with E-state index in [0.717, 1.165) is 18.4 Å². The number of tetrazole rings is 1. The summed E-state index contributed by atoms with van der Waals surface area (Å²) in [5.74, 6) is -0.248. The number of hydrogen-bond donors (Lipinski definition) is 1. The lowest BCUT2D eigenvalue weighted by molar-refractivity contribution is -0.113. The minimum absolute atomic E-state index is 0.164. The van der Waals surface area contributed by atoms with Crippen molar-refractivity contribution in [1.29, 1.82) is 0 Å². The number of halogens is 1. The van der Waals surface area contributed by atoms with Gasteiger partial charge in [0.15, 0.2) is 5.13 Å². The van der Waals surface area contributed by atoms with Gasteiger partial charge in [-0.25, -0.2) is 14.1 Å². The van der Waals surface area contributed by atoms with Crippen LogP contribution in [0.2, 0.25) is 0 Å². The van der Waals surface area contributed by atoms with Gasteiger partial charge in [0.25, 0.3) is 0 Å². The third-order valence-corrected chi connectivity index (χ3v) is 6.30. The summed E-state index contributed by atoms with van der Waals surface area (Å²) >= 11 is 2.66. The Morgan fingerprint density at radius 3 is 2.82 bits per heavy atom. The van der Waals surface area contributed by atoms with Crippen molar-refractivity contribution in [3.05, 3.63) is 35.5 Å². The van der Waals surface area contributed by atoms with Crippen LogP contribution in [0.25, 0.3) is 11.3 Å². The second-order valence-electron chi connectivity index (χ2n) is 6.58. The molecule has 0 radical (unpaired) electrons. The van der Waals surface area contributed by atoms with E-state index in [1.807, 2.05) is 10.1 Å². The summed E-state index contributed by atoms with van der Waals surface area (Å²) in [7, 11) is 0. The third kappa shape index (κ3) is 4.56. The van der Waals surface area contributed by atoms with E-state index in [0.29, 0.717) is 22.0 Å². The van der Waals surface area contributed by atoms with Crippen LogP contribution in [0.4, 0.5) is 9.52 Å². The molecule has 0 unspecified atom stereocenters. The Morgan fingerprint density at radius 2 is 2.04 bits per heavy atom. The molecule has 0 aliphatic heterocycles. The zero-order valence-corrected chi connectivity index (χ0v) is 16.7. The smallest absolute Gasteiger partial charge is 0.236 e. The zero-order valence-electron chi connectivity index (χ0n) is 15.0. The van der Waals surface area contributed by atoms with Crippen molar-refractivity contribution in [3.63, 3.8) is 0 Å². The summed E-state index contributed by atoms with van der Waals surface area (Å²) in [6.07, 6.45) is 5.80. The fourth-order valence-electron chi connectivity index (χ4n) is 3.21. The standard InChI is InChI=1S/C18H19FN6OS2/c19-13-8-6-12(7-9-13)15-10-27-17(20-15)21-16(26)11-28-18-22-23-24-25(18)14-4-2-1-3-5-14/h6-10,14H,1-5,11H2,(H,20,21,26). The summed E-state index contributed by atoms with van der Waals surface area (Å²) in [6.45, 7) is 0. The molecule has 7 nitrogen and oxygen atoms in total. The zero-order chi connectivity index (χ0) is 19.3. The molecule has 1 aromatic carbocycles. The van der Waals surface area contributed by atoms with E-state index in [-0.39, 0.29) is 17.5 Å². The van der Waals surface area contributed by atoms with Gasteiger partial charge in [-0.1, -0.05) is 31.0 Å². The van der Waals surface area contributed by atoms with Crippen molar-refractivity contribution >= 4 is 34.1 Å². The molecule has 28 heavy (non-hydrogen) atoms. The van der Waals surface area contributed by atoms with Crippen LogP contribution in [0.15, 0.2) is 34.8 Å². The highest BCUT2D eigenvalue weighted by Crippen LogP contribution is 2.30. The topological polar surface area (TPSA) is 85.6 Å². The number of amides is 1. The molecule has 10 heteroatoms. The quantitative estimate of drug-likeness (QED) is 0.605. The van der Waals surface area contributed by atoms with Gasteiger partial charge >= 0.3 is 0 Å². The molecule has 1 aliphatic carbocycles. The molecule has 1 amide bonds. The first kappa shape index (κ1) is 19.0. The maximum atomic E-state index is 13.0. The van der Waals surface area contributed by atoms with Gasteiger partial charge in [0.2, 0.25) is 11.1 Å². The van der Waals surface area contributed by atoms with Crippen molar-refractivity contribution < 1.29 is 9.18 Å². The largest absolute Gasteiger partial charge is 0.301 e. The molecular weight excluding hydrogens is 399 g/mol. The van der Waals surface area contributed by atoms with Crippen LogP contribution >= 0.6 is 23.1 Å². The number of anilines is 1. The number of benzene rings is 1. The van der Waals surface area contributed by atoms with Gasteiger partial charge in [-0.05, 0) is 47.5 Å². The lowest BCUT2D eigenvalue weighted by atomic mass is 9.96. The average Bonchev–Trinajstić information content (AvgIpc) is 3.37. The number of thiazole rings is 1. The fraction of sp³-hybridized carbons (Fsp3) is 0.389. The summed E-state index contributed by atoms with van der Waals surface area (Å²) < 4.78 is 14.9. The van der Waals surface area contributed by atoms with Crippen LogP contribution in [0.1, 0.15) is 38.1 Å². The van der Waals surface area contributed by atoms with Gasteiger partial charge < -0.3 is 5.32 Å². The molecule has 1 saturated carbocycles. The molecule has 1 aliphatic rings.